The van der Waals surface area contributed by atoms with E-state index in [4.69, 9.17) is 14.9 Å². The summed E-state index contributed by atoms with van der Waals surface area (Å²) in [5.74, 6) is -1.98. The molecule has 200 valence electrons. The molecule has 12 heteroatoms. The number of amides is 1. The first-order valence-electron chi connectivity index (χ1n) is 11.9. The molecule has 4 aromatic heterocycles. The van der Waals surface area contributed by atoms with Crippen LogP contribution in [-0.4, -0.2) is 54.1 Å². The second-order valence-corrected chi connectivity index (χ2v) is 8.59. The van der Waals surface area contributed by atoms with Crippen LogP contribution in [0.25, 0.3) is 43.6 Å². The molecule has 40 heavy (non-hydrogen) atoms. The number of carboxylic acids is 2. The largest absolute Gasteiger partial charge is 0.478 e. The maximum atomic E-state index is 11.1. The molecule has 0 spiro atoms. The van der Waals surface area contributed by atoms with Gasteiger partial charge in [0.25, 0.3) is 6.47 Å². The van der Waals surface area contributed by atoms with E-state index in [-0.39, 0.29) is 24.5 Å². The molecule has 0 radical (unpaired) electrons. The number of nitrogens with one attached hydrogen (secondary N) is 1. The smallest absolute Gasteiger partial charge is 0.335 e. The van der Waals surface area contributed by atoms with E-state index in [0.29, 0.717) is 18.4 Å². The fourth-order valence-corrected chi connectivity index (χ4v) is 4.69. The minimum absolute atomic E-state index is 0.0122. The summed E-state index contributed by atoms with van der Waals surface area (Å²) in [7, 11) is 0. The first kappa shape index (κ1) is 25.9. The Kier molecular flexibility index (Phi) is 7.05. The van der Waals surface area contributed by atoms with Crippen molar-refractivity contribution in [1.29, 1.82) is 0 Å². The number of carbonyl (C=O) groups excluding carboxylic acids is 2. The lowest BCUT2D eigenvalue weighted by Gasteiger charge is -2.06. The Balaban J connectivity index is 0.000000161. The molecule has 0 fully saturated rings. The Morgan fingerprint density at radius 1 is 0.750 bits per heavy atom. The van der Waals surface area contributed by atoms with Crippen LogP contribution in [0.1, 0.15) is 20.7 Å². The summed E-state index contributed by atoms with van der Waals surface area (Å²) < 4.78 is 8.35. The predicted octanol–water partition coefficient (Wildman–Crippen LogP) is 3.61. The zero-order chi connectivity index (χ0) is 28.2. The van der Waals surface area contributed by atoms with Crippen molar-refractivity contribution in [2.24, 2.45) is 0 Å². The quantitative estimate of drug-likeness (QED) is 0.245. The molecule has 0 saturated heterocycles. The van der Waals surface area contributed by atoms with Gasteiger partial charge in [0.05, 0.1) is 52.3 Å². The standard InChI is InChI=1S/C14H11N3O3.C14H10N2O4/c18-8-16-7-17-12-5-9(14(19)20)1-2-10(12)11-3-4-15-6-13(11)17;17-8-20-7-16-12-5-9(14(18)19)1-2-10(12)11-3-4-15-6-13(11)16/h1-6,8H,7H2,(H,16,18)(H,19,20);1-6,8H,7H2,(H,18,19). The highest BCUT2D eigenvalue weighted by molar-refractivity contribution is 6.10. The third kappa shape index (κ3) is 4.65. The molecule has 0 aliphatic heterocycles. The predicted molar refractivity (Wildman–Crippen MR) is 145 cm³/mol. The molecular formula is C28H21N5O7. The number of hydrogen-bond acceptors (Lipinski definition) is 7. The van der Waals surface area contributed by atoms with Crippen molar-refractivity contribution in [3.63, 3.8) is 0 Å². The van der Waals surface area contributed by atoms with E-state index >= 15 is 0 Å². The molecule has 1 amide bonds. The molecule has 6 rings (SSSR count). The molecule has 0 bridgehead atoms. The molecule has 0 saturated carbocycles. The van der Waals surface area contributed by atoms with Gasteiger partial charge in [0.15, 0.2) is 6.73 Å². The van der Waals surface area contributed by atoms with Crippen LogP contribution in [0.4, 0.5) is 0 Å². The van der Waals surface area contributed by atoms with Gasteiger partial charge in [0.1, 0.15) is 0 Å². The summed E-state index contributed by atoms with van der Waals surface area (Å²) in [6.07, 6.45) is 7.31. The van der Waals surface area contributed by atoms with Crippen molar-refractivity contribution in [1.82, 2.24) is 24.4 Å². The topological polar surface area (TPSA) is 166 Å². The molecule has 4 heterocycles. The Bertz CT molecular complexity index is 1790. The van der Waals surface area contributed by atoms with E-state index in [2.05, 4.69) is 15.3 Å². The van der Waals surface area contributed by atoms with Gasteiger partial charge in [0, 0.05) is 33.9 Å². The number of carbonyl (C=O) groups is 4. The van der Waals surface area contributed by atoms with E-state index in [1.54, 1.807) is 65.8 Å². The molecule has 0 unspecified atom stereocenters. The van der Waals surface area contributed by atoms with Gasteiger partial charge in [-0.3, -0.25) is 19.6 Å². The first-order chi connectivity index (χ1) is 19.4. The highest BCUT2D eigenvalue weighted by atomic mass is 16.5. The van der Waals surface area contributed by atoms with Gasteiger partial charge in [-0.25, -0.2) is 9.59 Å². The van der Waals surface area contributed by atoms with Crippen LogP contribution in [-0.2, 0) is 27.7 Å². The molecule has 0 aliphatic carbocycles. The monoisotopic (exact) mass is 539 g/mol. The molecule has 0 atom stereocenters. The maximum Gasteiger partial charge on any atom is 0.335 e. The van der Waals surface area contributed by atoms with Gasteiger partial charge >= 0.3 is 11.9 Å². The Morgan fingerprint density at radius 2 is 1.25 bits per heavy atom. The lowest BCUT2D eigenvalue weighted by atomic mass is 10.1. The number of hydrogen-bond donors (Lipinski definition) is 3. The number of benzene rings is 2. The molecule has 12 nitrogen and oxygen atoms in total. The van der Waals surface area contributed by atoms with E-state index < -0.39 is 11.9 Å². The van der Waals surface area contributed by atoms with Crippen molar-refractivity contribution >= 4 is 68.4 Å². The van der Waals surface area contributed by atoms with Crippen LogP contribution in [0.2, 0.25) is 0 Å². The van der Waals surface area contributed by atoms with Crippen LogP contribution in [0.15, 0.2) is 73.3 Å². The van der Waals surface area contributed by atoms with Crippen LogP contribution >= 0.6 is 0 Å². The number of nitrogens with zero attached hydrogens (tertiary/aromatic N) is 4. The normalized spacial score (nSPS) is 10.8. The average Bonchev–Trinajstić information content (AvgIpc) is 3.46. The van der Waals surface area contributed by atoms with Crippen molar-refractivity contribution in [2.75, 3.05) is 0 Å². The van der Waals surface area contributed by atoms with E-state index in [1.807, 2.05) is 16.7 Å². The van der Waals surface area contributed by atoms with Crippen molar-refractivity contribution < 1.29 is 34.1 Å². The fourth-order valence-electron chi connectivity index (χ4n) is 4.69. The summed E-state index contributed by atoms with van der Waals surface area (Å²) in [5.41, 5.74) is 3.46. The lowest BCUT2D eigenvalue weighted by molar-refractivity contribution is -0.131. The summed E-state index contributed by atoms with van der Waals surface area (Å²) in [6, 6.07) is 13.5. The minimum Gasteiger partial charge on any atom is -0.478 e. The second kappa shape index (κ2) is 10.9. The van der Waals surface area contributed by atoms with Gasteiger partial charge in [-0.1, -0.05) is 12.1 Å². The number of fused-ring (bicyclic) bond motifs is 6. The van der Waals surface area contributed by atoms with Crippen LogP contribution in [0.5, 0.6) is 0 Å². The van der Waals surface area contributed by atoms with Crippen LogP contribution in [0.3, 0.4) is 0 Å². The number of carboxylic acid groups (broad SMARTS) is 2. The third-order valence-corrected chi connectivity index (χ3v) is 6.44. The Hall–Kier alpha value is -5.78. The summed E-state index contributed by atoms with van der Waals surface area (Å²) in [6.45, 7) is 0.631. The minimum atomic E-state index is -1.00. The number of pyridine rings is 2. The summed E-state index contributed by atoms with van der Waals surface area (Å²) in [5, 5.41) is 24.5. The van der Waals surface area contributed by atoms with E-state index in [0.717, 1.165) is 38.1 Å². The molecule has 6 aromatic rings. The number of rotatable bonds is 8. The molecular weight excluding hydrogens is 518 g/mol. The maximum absolute atomic E-state index is 11.1. The van der Waals surface area contributed by atoms with Gasteiger partial charge < -0.3 is 29.4 Å². The Morgan fingerprint density at radius 3 is 1.75 bits per heavy atom. The van der Waals surface area contributed by atoms with Crippen molar-refractivity contribution in [2.45, 2.75) is 13.4 Å². The number of aromatic nitrogens is 4. The summed E-state index contributed by atoms with van der Waals surface area (Å²) >= 11 is 0. The first-order valence-corrected chi connectivity index (χ1v) is 11.9. The summed E-state index contributed by atoms with van der Waals surface area (Å²) in [4.78, 5) is 51.2. The van der Waals surface area contributed by atoms with E-state index in [9.17, 15) is 19.2 Å². The van der Waals surface area contributed by atoms with Crippen LogP contribution < -0.4 is 5.32 Å². The molecule has 3 N–H and O–H groups in total. The highest BCUT2D eigenvalue weighted by Gasteiger charge is 2.14. The molecule has 2 aromatic carbocycles. The van der Waals surface area contributed by atoms with Gasteiger partial charge in [0.2, 0.25) is 6.41 Å². The zero-order valence-electron chi connectivity index (χ0n) is 20.7. The fraction of sp³-hybridized carbons (Fsp3) is 0.0714. The van der Waals surface area contributed by atoms with Gasteiger partial charge in [-0.2, -0.15) is 0 Å². The van der Waals surface area contributed by atoms with Crippen molar-refractivity contribution in [3.8, 4) is 0 Å². The average molecular weight is 540 g/mol. The Labute approximate surface area is 225 Å². The lowest BCUT2D eigenvalue weighted by Crippen LogP contribution is -2.16. The third-order valence-electron chi connectivity index (χ3n) is 6.44. The SMILES string of the molecule is O=CNCn1c2cnccc2c2ccc(C(=O)O)cc21.O=COCn1c2cnccc2c2ccc(C(=O)O)cc21. The number of ether oxygens (including phenoxy) is 1. The molecule has 0 aliphatic rings. The second-order valence-electron chi connectivity index (χ2n) is 8.59. The van der Waals surface area contributed by atoms with Gasteiger partial charge in [-0.05, 0) is 36.4 Å². The number of aromatic carboxylic acids is 2. The van der Waals surface area contributed by atoms with E-state index in [1.165, 1.54) is 0 Å². The van der Waals surface area contributed by atoms with Crippen molar-refractivity contribution in [3.05, 3.63) is 84.4 Å². The van der Waals surface area contributed by atoms with Gasteiger partial charge in [-0.15, -0.1) is 0 Å². The zero-order valence-corrected chi connectivity index (χ0v) is 20.7. The van der Waals surface area contributed by atoms with Crippen LogP contribution in [0, 0.1) is 0 Å². The highest BCUT2D eigenvalue weighted by Crippen LogP contribution is 2.30.